The molecule has 1 aromatic carbocycles. The predicted octanol–water partition coefficient (Wildman–Crippen LogP) is 0.508. The average Bonchev–Trinajstić information content (AvgIpc) is 2.84. The Labute approximate surface area is 159 Å². The molecule has 27 heavy (non-hydrogen) atoms. The number of aliphatic hydroxyl groups excluding tert-OH is 1. The summed E-state index contributed by atoms with van der Waals surface area (Å²) in [5.41, 5.74) is 0.165. The summed E-state index contributed by atoms with van der Waals surface area (Å²) in [7, 11) is 1.67. The number of amides is 3. The molecule has 0 radical (unpaired) electrons. The first kappa shape index (κ1) is 19.4. The molecule has 1 aromatic rings. The van der Waals surface area contributed by atoms with Gasteiger partial charge in [0, 0.05) is 32.7 Å². The smallest absolute Gasteiger partial charge is 0.325 e. The van der Waals surface area contributed by atoms with Crippen LogP contribution in [0.2, 0.25) is 0 Å². The summed E-state index contributed by atoms with van der Waals surface area (Å²) in [6.07, 6.45) is -0.772. The van der Waals surface area contributed by atoms with Crippen LogP contribution in [0.5, 0.6) is 5.75 Å². The number of nitrogens with one attached hydrogen (secondary N) is 1. The van der Waals surface area contributed by atoms with E-state index >= 15 is 0 Å². The Hall–Kier alpha value is -2.32. The van der Waals surface area contributed by atoms with Crippen LogP contribution in [-0.2, 0) is 4.79 Å². The molecule has 8 nitrogen and oxygen atoms in total. The van der Waals surface area contributed by atoms with Crippen LogP contribution in [0.25, 0.3) is 0 Å². The third-order valence-corrected chi connectivity index (χ3v) is 5.10. The van der Waals surface area contributed by atoms with Crippen LogP contribution in [0.15, 0.2) is 24.3 Å². The molecule has 1 unspecified atom stereocenters. The Morgan fingerprint density at radius 3 is 2.41 bits per heavy atom. The number of nitrogens with zero attached hydrogens (tertiary/aromatic N) is 3. The molecule has 2 aliphatic rings. The average molecular weight is 376 g/mol. The minimum Gasteiger partial charge on any atom is -0.495 e. The fourth-order valence-corrected chi connectivity index (χ4v) is 3.61. The Kier molecular flexibility index (Phi) is 5.57. The number of methoxy groups -OCH3 is 1. The number of anilines is 1. The van der Waals surface area contributed by atoms with Gasteiger partial charge in [-0.2, -0.15) is 0 Å². The van der Waals surface area contributed by atoms with Crippen LogP contribution in [-0.4, -0.2) is 84.9 Å². The van der Waals surface area contributed by atoms with E-state index in [2.05, 4.69) is 15.1 Å². The van der Waals surface area contributed by atoms with Crippen LogP contribution in [0.1, 0.15) is 13.8 Å². The van der Waals surface area contributed by atoms with Crippen LogP contribution in [0.4, 0.5) is 10.5 Å². The van der Waals surface area contributed by atoms with Crippen molar-refractivity contribution < 1.29 is 19.4 Å². The van der Waals surface area contributed by atoms with Gasteiger partial charge < -0.3 is 20.1 Å². The van der Waals surface area contributed by atoms with Gasteiger partial charge in [-0.25, -0.2) is 4.79 Å². The zero-order valence-corrected chi connectivity index (χ0v) is 16.1. The number of ether oxygens (including phenoxy) is 1. The monoisotopic (exact) mass is 376 g/mol. The van der Waals surface area contributed by atoms with E-state index in [0.717, 1.165) is 42.5 Å². The quantitative estimate of drug-likeness (QED) is 0.704. The Morgan fingerprint density at radius 1 is 1.15 bits per heavy atom. The highest BCUT2D eigenvalue weighted by molar-refractivity contribution is 6.06. The molecule has 3 rings (SSSR count). The summed E-state index contributed by atoms with van der Waals surface area (Å²) < 4.78 is 5.43. The third kappa shape index (κ3) is 4.17. The van der Waals surface area contributed by atoms with Gasteiger partial charge in [-0.15, -0.1) is 0 Å². The Balaban J connectivity index is 1.51. The largest absolute Gasteiger partial charge is 0.495 e. The van der Waals surface area contributed by atoms with Gasteiger partial charge in [0.05, 0.1) is 25.4 Å². The van der Waals surface area contributed by atoms with Crippen molar-refractivity contribution in [3.8, 4) is 5.75 Å². The number of piperazine rings is 1. The lowest BCUT2D eigenvalue weighted by Crippen LogP contribution is -2.50. The van der Waals surface area contributed by atoms with Crippen molar-refractivity contribution in [2.45, 2.75) is 25.5 Å². The molecule has 0 aromatic heterocycles. The number of benzene rings is 1. The maximum absolute atomic E-state index is 12.2. The van der Waals surface area contributed by atoms with E-state index < -0.39 is 17.7 Å². The van der Waals surface area contributed by atoms with Crippen molar-refractivity contribution in [1.29, 1.82) is 0 Å². The number of aliphatic hydroxyl groups is 1. The lowest BCUT2D eigenvalue weighted by Gasteiger charge is -2.37. The number of urea groups is 1. The summed E-state index contributed by atoms with van der Waals surface area (Å²) in [4.78, 5) is 29.7. The summed E-state index contributed by atoms with van der Waals surface area (Å²) in [5, 5.41) is 13.0. The number of rotatable bonds is 6. The SMILES string of the molecule is COc1ccccc1N1CCN(CC(O)CN2C(=O)NC(C)(C)C2=O)CC1. The van der Waals surface area contributed by atoms with Gasteiger partial charge in [-0.1, -0.05) is 12.1 Å². The molecule has 2 aliphatic heterocycles. The van der Waals surface area contributed by atoms with E-state index in [-0.39, 0.29) is 12.5 Å². The topological polar surface area (TPSA) is 85.3 Å². The highest BCUT2D eigenvalue weighted by atomic mass is 16.5. The van der Waals surface area contributed by atoms with Gasteiger partial charge in [0.15, 0.2) is 0 Å². The van der Waals surface area contributed by atoms with Crippen molar-refractivity contribution in [2.75, 3.05) is 51.3 Å². The molecule has 0 aliphatic carbocycles. The molecule has 0 saturated carbocycles. The molecule has 0 spiro atoms. The number of β-amino-alcohol motifs (C(OH)–C–C–N with tert-alkyl or cyclic N) is 1. The second-order valence-corrected chi connectivity index (χ2v) is 7.58. The maximum Gasteiger partial charge on any atom is 0.325 e. The first-order valence-electron chi connectivity index (χ1n) is 9.24. The highest BCUT2D eigenvalue weighted by Crippen LogP contribution is 2.28. The summed E-state index contributed by atoms with van der Waals surface area (Å²) >= 11 is 0. The van der Waals surface area contributed by atoms with Gasteiger partial charge in [0.1, 0.15) is 11.3 Å². The molecular formula is C19H28N4O4. The molecule has 2 fully saturated rings. The summed E-state index contributed by atoms with van der Waals surface area (Å²) in [6.45, 7) is 7.00. The van der Waals surface area contributed by atoms with Crippen LogP contribution in [0.3, 0.4) is 0 Å². The van der Waals surface area contributed by atoms with Gasteiger partial charge in [0.2, 0.25) is 0 Å². The van der Waals surface area contributed by atoms with Gasteiger partial charge in [-0.05, 0) is 26.0 Å². The van der Waals surface area contributed by atoms with E-state index in [9.17, 15) is 14.7 Å². The lowest BCUT2D eigenvalue weighted by molar-refractivity contribution is -0.131. The summed E-state index contributed by atoms with van der Waals surface area (Å²) in [6, 6.07) is 7.50. The van der Waals surface area contributed by atoms with Crippen LogP contribution in [0, 0.1) is 0 Å². The van der Waals surface area contributed by atoms with Crippen molar-refractivity contribution in [2.24, 2.45) is 0 Å². The first-order chi connectivity index (χ1) is 12.8. The van der Waals surface area contributed by atoms with Crippen molar-refractivity contribution in [3.05, 3.63) is 24.3 Å². The fraction of sp³-hybridized carbons (Fsp3) is 0.579. The van der Waals surface area contributed by atoms with Gasteiger partial charge in [-0.3, -0.25) is 14.6 Å². The van der Waals surface area contributed by atoms with Crippen LogP contribution < -0.4 is 15.0 Å². The number of hydrogen-bond donors (Lipinski definition) is 2. The minimum absolute atomic E-state index is 0.0147. The van der Waals surface area contributed by atoms with E-state index in [1.54, 1.807) is 21.0 Å². The number of hydrogen-bond acceptors (Lipinski definition) is 6. The number of imide groups is 1. The van der Waals surface area contributed by atoms with E-state index in [4.69, 9.17) is 4.74 Å². The van der Waals surface area contributed by atoms with E-state index in [0.29, 0.717) is 6.54 Å². The number of carbonyl (C=O) groups is 2. The first-order valence-corrected chi connectivity index (χ1v) is 9.24. The van der Waals surface area contributed by atoms with Crippen LogP contribution >= 0.6 is 0 Å². The maximum atomic E-state index is 12.2. The van der Waals surface area contributed by atoms with Crippen molar-refractivity contribution in [3.63, 3.8) is 0 Å². The molecule has 148 valence electrons. The molecule has 1 atom stereocenters. The molecular weight excluding hydrogens is 348 g/mol. The van der Waals surface area contributed by atoms with Gasteiger partial charge in [0.25, 0.3) is 5.91 Å². The second kappa shape index (κ2) is 7.74. The number of carbonyl (C=O) groups excluding carboxylic acids is 2. The Morgan fingerprint density at radius 2 is 1.81 bits per heavy atom. The third-order valence-electron chi connectivity index (χ3n) is 5.10. The fourth-order valence-electron chi connectivity index (χ4n) is 3.61. The lowest BCUT2D eigenvalue weighted by atomic mass is 10.1. The van der Waals surface area contributed by atoms with E-state index in [1.165, 1.54) is 0 Å². The van der Waals surface area contributed by atoms with Crippen molar-refractivity contribution >= 4 is 17.6 Å². The molecule has 2 N–H and O–H groups in total. The zero-order valence-electron chi connectivity index (χ0n) is 16.1. The molecule has 2 saturated heterocycles. The molecule has 3 amide bonds. The zero-order chi connectivity index (χ0) is 19.6. The van der Waals surface area contributed by atoms with Gasteiger partial charge >= 0.3 is 6.03 Å². The minimum atomic E-state index is -0.906. The van der Waals surface area contributed by atoms with E-state index in [1.807, 2.05) is 24.3 Å². The Bertz CT molecular complexity index is 701. The molecule has 8 heteroatoms. The normalized spacial score (nSPS) is 21.3. The second-order valence-electron chi connectivity index (χ2n) is 7.58. The van der Waals surface area contributed by atoms with Crippen molar-refractivity contribution in [1.82, 2.24) is 15.1 Å². The predicted molar refractivity (Wildman–Crippen MR) is 102 cm³/mol. The molecule has 2 heterocycles. The molecule has 0 bridgehead atoms. The summed E-state index contributed by atoms with van der Waals surface area (Å²) in [5.74, 6) is 0.555. The number of para-hydroxylation sites is 2. The highest BCUT2D eigenvalue weighted by Gasteiger charge is 2.44. The standard InChI is InChI=1S/C19H28N4O4/c1-19(2)17(25)23(18(26)20-19)13-14(24)12-21-8-10-22(11-9-21)15-6-4-5-7-16(15)27-3/h4-7,14,24H,8-13H2,1-3H3,(H,20,26).